The third-order valence-electron chi connectivity index (χ3n) is 4.28. The van der Waals surface area contributed by atoms with Crippen molar-refractivity contribution in [2.75, 3.05) is 11.9 Å². The highest BCUT2D eigenvalue weighted by molar-refractivity contribution is 6.01. The fraction of sp³-hybridized carbons (Fsp3) is 0.368. The van der Waals surface area contributed by atoms with E-state index in [1.165, 1.54) is 6.34 Å². The Hall–Kier alpha value is -3.36. The first-order valence-electron chi connectivity index (χ1n) is 9.17. The average molecular weight is 384 g/mol. The van der Waals surface area contributed by atoms with Crippen LogP contribution in [0.3, 0.4) is 0 Å². The van der Waals surface area contributed by atoms with Gasteiger partial charge in [0.05, 0.1) is 6.34 Å². The molecule has 0 fully saturated rings. The van der Waals surface area contributed by atoms with Crippen LogP contribution < -0.4 is 26.1 Å². The molecule has 1 aliphatic heterocycles. The number of benzene rings is 1. The Labute approximate surface area is 163 Å². The number of carbonyl (C=O) groups excluding carboxylic acids is 1. The maximum absolute atomic E-state index is 11.3. The second kappa shape index (κ2) is 8.12. The molecule has 0 radical (unpaired) electrons. The van der Waals surface area contributed by atoms with Gasteiger partial charge in [0.1, 0.15) is 36.7 Å². The van der Waals surface area contributed by atoms with E-state index in [1.807, 2.05) is 38.2 Å². The van der Waals surface area contributed by atoms with Crippen molar-refractivity contribution in [1.29, 1.82) is 0 Å². The van der Waals surface area contributed by atoms with Gasteiger partial charge in [-0.2, -0.15) is 0 Å². The number of anilines is 1. The molecule has 0 spiro atoms. The number of hydrogen-bond donors (Lipinski definition) is 4. The van der Waals surface area contributed by atoms with E-state index in [1.54, 1.807) is 6.92 Å². The summed E-state index contributed by atoms with van der Waals surface area (Å²) in [4.78, 5) is 23.4. The van der Waals surface area contributed by atoms with Gasteiger partial charge in [0, 0.05) is 17.8 Å². The minimum Gasteiger partial charge on any atom is -0.488 e. The predicted molar refractivity (Wildman–Crippen MR) is 109 cm³/mol. The Morgan fingerprint density at radius 3 is 2.86 bits per heavy atom. The van der Waals surface area contributed by atoms with Crippen molar-refractivity contribution in [3.8, 4) is 17.1 Å². The van der Waals surface area contributed by atoms with Gasteiger partial charge in [-0.05, 0) is 32.9 Å². The van der Waals surface area contributed by atoms with Gasteiger partial charge >= 0.3 is 0 Å². The number of imidazole rings is 1. The molecule has 1 aromatic heterocycles. The summed E-state index contributed by atoms with van der Waals surface area (Å²) in [5.41, 5.74) is 13.3. The number of amidine groups is 1. The molecular formula is C19H26N7O2+. The molecule has 0 saturated carbocycles. The van der Waals surface area contributed by atoms with Gasteiger partial charge in [-0.15, -0.1) is 0 Å². The number of aromatic amines is 1. The van der Waals surface area contributed by atoms with Crippen molar-refractivity contribution in [2.24, 2.45) is 21.5 Å². The molecule has 0 saturated heterocycles. The SMILES string of the molecule is CC(C)N=C(N=CN)c1c[n+]2c([nH]1)-c1ccc(N[C@@H](C)C(N)=O)cc1OCC2. The molecule has 1 aliphatic rings. The van der Waals surface area contributed by atoms with E-state index in [-0.39, 0.29) is 6.04 Å². The van der Waals surface area contributed by atoms with Crippen LogP contribution in [-0.2, 0) is 11.3 Å². The number of nitrogens with one attached hydrogen (secondary N) is 2. The number of nitrogens with two attached hydrogens (primary N) is 2. The van der Waals surface area contributed by atoms with Crippen LogP contribution in [-0.4, -0.2) is 41.8 Å². The van der Waals surface area contributed by atoms with Crippen molar-refractivity contribution in [3.63, 3.8) is 0 Å². The third-order valence-corrected chi connectivity index (χ3v) is 4.28. The molecular weight excluding hydrogens is 358 g/mol. The lowest BCUT2D eigenvalue weighted by Gasteiger charge is -2.13. The number of carbonyl (C=O) groups is 1. The lowest BCUT2D eigenvalue weighted by atomic mass is 10.1. The van der Waals surface area contributed by atoms with Crippen LogP contribution in [0, 0.1) is 0 Å². The van der Waals surface area contributed by atoms with Gasteiger partial charge in [-0.3, -0.25) is 9.79 Å². The highest BCUT2D eigenvalue weighted by atomic mass is 16.5. The van der Waals surface area contributed by atoms with Gasteiger partial charge < -0.3 is 21.5 Å². The van der Waals surface area contributed by atoms with Crippen LogP contribution in [0.25, 0.3) is 11.4 Å². The molecule has 148 valence electrons. The molecule has 1 atom stereocenters. The fourth-order valence-electron chi connectivity index (χ4n) is 2.95. The quantitative estimate of drug-likeness (QED) is 0.344. The van der Waals surface area contributed by atoms with E-state index in [0.717, 1.165) is 22.8 Å². The maximum Gasteiger partial charge on any atom is 0.291 e. The fourth-order valence-corrected chi connectivity index (χ4v) is 2.95. The van der Waals surface area contributed by atoms with Crippen molar-refractivity contribution in [2.45, 2.75) is 39.4 Å². The topological polar surface area (TPSA) is 135 Å². The number of ether oxygens (including phenoxy) is 1. The number of amides is 1. The molecule has 6 N–H and O–H groups in total. The Morgan fingerprint density at radius 1 is 1.39 bits per heavy atom. The summed E-state index contributed by atoms with van der Waals surface area (Å²) >= 11 is 0. The number of aliphatic imine (C=N–C) groups is 2. The van der Waals surface area contributed by atoms with Crippen molar-refractivity contribution < 1.29 is 14.1 Å². The van der Waals surface area contributed by atoms with Crippen LogP contribution in [0.4, 0.5) is 5.69 Å². The Kier molecular flexibility index (Phi) is 5.62. The minimum absolute atomic E-state index is 0.0864. The van der Waals surface area contributed by atoms with E-state index in [9.17, 15) is 4.79 Å². The highest BCUT2D eigenvalue weighted by Gasteiger charge is 2.26. The van der Waals surface area contributed by atoms with Gasteiger partial charge in [0.2, 0.25) is 17.4 Å². The van der Waals surface area contributed by atoms with Crippen LogP contribution in [0.1, 0.15) is 26.5 Å². The van der Waals surface area contributed by atoms with Crippen molar-refractivity contribution >= 4 is 23.8 Å². The van der Waals surface area contributed by atoms with Gasteiger partial charge in [-0.25, -0.2) is 14.5 Å². The monoisotopic (exact) mass is 384 g/mol. The number of hydrogen-bond acceptors (Lipinski definition) is 4. The summed E-state index contributed by atoms with van der Waals surface area (Å²) in [5, 5.41) is 3.07. The van der Waals surface area contributed by atoms with Crippen LogP contribution >= 0.6 is 0 Å². The first-order valence-corrected chi connectivity index (χ1v) is 9.17. The summed E-state index contributed by atoms with van der Waals surface area (Å²) in [6.45, 7) is 6.86. The van der Waals surface area contributed by atoms with E-state index in [0.29, 0.717) is 24.7 Å². The highest BCUT2D eigenvalue weighted by Crippen LogP contribution is 2.32. The van der Waals surface area contributed by atoms with E-state index >= 15 is 0 Å². The molecule has 0 bridgehead atoms. The molecule has 9 heteroatoms. The number of H-pyrrole nitrogens is 1. The molecule has 2 heterocycles. The molecule has 3 rings (SSSR count). The van der Waals surface area contributed by atoms with Crippen LogP contribution in [0.5, 0.6) is 5.75 Å². The molecule has 0 aliphatic carbocycles. The first-order chi connectivity index (χ1) is 13.4. The van der Waals surface area contributed by atoms with Crippen LogP contribution in [0.15, 0.2) is 34.4 Å². The van der Waals surface area contributed by atoms with Crippen LogP contribution in [0.2, 0.25) is 0 Å². The Morgan fingerprint density at radius 2 is 2.18 bits per heavy atom. The lowest BCUT2D eigenvalue weighted by molar-refractivity contribution is -0.684. The number of rotatable bonds is 5. The zero-order valence-corrected chi connectivity index (χ0v) is 16.3. The average Bonchev–Trinajstić information content (AvgIpc) is 2.98. The van der Waals surface area contributed by atoms with Crippen molar-refractivity contribution in [3.05, 3.63) is 30.1 Å². The van der Waals surface area contributed by atoms with E-state index in [2.05, 4.69) is 24.9 Å². The second-order valence-electron chi connectivity index (χ2n) is 6.86. The first kappa shape index (κ1) is 19.4. The molecule has 1 aromatic carbocycles. The predicted octanol–water partition coefficient (Wildman–Crippen LogP) is 0.789. The normalized spacial score (nSPS) is 14.9. The molecule has 28 heavy (non-hydrogen) atoms. The number of nitrogens with zero attached hydrogens (tertiary/aromatic N) is 3. The van der Waals surface area contributed by atoms with E-state index in [4.69, 9.17) is 16.2 Å². The summed E-state index contributed by atoms with van der Waals surface area (Å²) in [5.74, 6) is 1.74. The van der Waals surface area contributed by atoms with Gasteiger partial charge in [0.15, 0.2) is 0 Å². The standard InChI is InChI=1S/C19H25N7O2/c1-11(2)23-18(22-10-20)15-9-26-6-7-28-16-8-13(24-12(3)17(21)27)4-5-14(16)19(26)25-15/h4-5,8-12H,6-7H2,1-3H3,(H5,20,21,22,23,24,25,27)/p+1/t12-/m0/s1. The second-order valence-corrected chi connectivity index (χ2v) is 6.86. The summed E-state index contributed by atoms with van der Waals surface area (Å²) in [6, 6.07) is 5.30. The zero-order valence-electron chi connectivity index (χ0n) is 16.3. The summed E-state index contributed by atoms with van der Waals surface area (Å²) < 4.78 is 7.98. The Bertz CT molecular complexity index is 930. The van der Waals surface area contributed by atoms with Gasteiger partial charge in [0.25, 0.3) is 5.82 Å². The number of fused-ring (bicyclic) bond motifs is 3. The largest absolute Gasteiger partial charge is 0.488 e. The lowest BCUT2D eigenvalue weighted by Crippen LogP contribution is -2.35. The minimum atomic E-state index is -0.477. The Balaban J connectivity index is 1.99. The number of aromatic nitrogens is 2. The zero-order chi connectivity index (χ0) is 20.3. The molecule has 0 unspecified atom stereocenters. The van der Waals surface area contributed by atoms with Gasteiger partial charge in [-0.1, -0.05) is 0 Å². The van der Waals surface area contributed by atoms with Crippen molar-refractivity contribution in [1.82, 2.24) is 4.98 Å². The van der Waals surface area contributed by atoms with E-state index < -0.39 is 11.9 Å². The molecule has 1 amide bonds. The number of primary amides is 1. The summed E-state index contributed by atoms with van der Waals surface area (Å²) in [7, 11) is 0. The summed E-state index contributed by atoms with van der Waals surface area (Å²) in [6.07, 6.45) is 3.20. The maximum atomic E-state index is 11.3. The smallest absolute Gasteiger partial charge is 0.291 e. The third kappa shape index (κ3) is 4.13. The molecule has 2 aromatic rings. The molecule has 9 nitrogen and oxygen atoms in total.